The molecule has 7 atom stereocenters. The van der Waals surface area contributed by atoms with Gasteiger partial charge in [0, 0.05) is 25.7 Å². The van der Waals surface area contributed by atoms with Gasteiger partial charge in [-0.15, -0.1) is 0 Å². The number of carbonyl (C=O) groups is 4. The molecule has 0 heterocycles. The summed E-state index contributed by atoms with van der Waals surface area (Å²) in [6.07, 6.45) is 56.6. The lowest BCUT2D eigenvalue weighted by atomic mass is 9.99. The lowest BCUT2D eigenvalue weighted by molar-refractivity contribution is -0.161. The van der Waals surface area contributed by atoms with Gasteiger partial charge >= 0.3 is 39.5 Å². The minimum absolute atomic E-state index is 0.0958. The average molecular weight is 1410 g/mol. The Bertz CT molecular complexity index is 1970. The van der Waals surface area contributed by atoms with Crippen LogP contribution in [0.25, 0.3) is 0 Å². The Morgan fingerprint density at radius 2 is 0.615 bits per heavy atom. The second-order valence-corrected chi connectivity index (χ2v) is 30.9. The van der Waals surface area contributed by atoms with Gasteiger partial charge in [-0.1, -0.05) is 317 Å². The zero-order valence-electron chi connectivity index (χ0n) is 62.3. The summed E-state index contributed by atoms with van der Waals surface area (Å²) in [6.45, 7) is 11.8. The van der Waals surface area contributed by atoms with E-state index in [2.05, 4.69) is 72.8 Å². The number of carbonyl (C=O) groups excluding carboxylic acids is 4. The van der Waals surface area contributed by atoms with E-state index in [1.54, 1.807) is 0 Å². The molecule has 0 aromatic carbocycles. The van der Waals surface area contributed by atoms with Gasteiger partial charge < -0.3 is 33.8 Å². The number of aliphatic hydroxyl groups is 1. The number of rotatable bonds is 73. The first-order chi connectivity index (χ1) is 46.3. The lowest BCUT2D eigenvalue weighted by Gasteiger charge is -2.21. The molecule has 19 heteroatoms. The van der Waals surface area contributed by atoms with Crippen molar-refractivity contribution in [3.8, 4) is 0 Å². The smallest absolute Gasteiger partial charge is 0.462 e. The van der Waals surface area contributed by atoms with Crippen molar-refractivity contribution < 1.29 is 80.2 Å². The molecule has 0 bridgehead atoms. The first-order valence-electron chi connectivity index (χ1n) is 39.2. The number of hydrogen-bond acceptors (Lipinski definition) is 15. The quantitative estimate of drug-likeness (QED) is 0.0169. The molecule has 0 spiro atoms. The van der Waals surface area contributed by atoms with Gasteiger partial charge in [-0.2, -0.15) is 0 Å². The molecule has 0 aromatic heterocycles. The predicted octanol–water partition coefficient (Wildman–Crippen LogP) is 22.1. The maximum atomic E-state index is 13.1. The summed E-state index contributed by atoms with van der Waals surface area (Å²) in [5.74, 6) is 0.110. The number of phosphoric acid groups is 2. The maximum absolute atomic E-state index is 13.1. The number of allylic oxidation sites excluding steroid dienone is 4. The fraction of sp³-hybridized carbons (Fsp3) is 0.896. The molecule has 0 amide bonds. The second kappa shape index (κ2) is 67.1. The largest absolute Gasteiger partial charge is 0.472 e. The summed E-state index contributed by atoms with van der Waals surface area (Å²) in [4.78, 5) is 72.7. The van der Waals surface area contributed by atoms with Gasteiger partial charge in [0.25, 0.3) is 0 Å². The van der Waals surface area contributed by atoms with Crippen molar-refractivity contribution in [3.05, 3.63) is 24.3 Å². The molecular weight excluding hydrogens is 1260 g/mol. The second-order valence-electron chi connectivity index (χ2n) is 28.0. The monoisotopic (exact) mass is 1410 g/mol. The van der Waals surface area contributed by atoms with Crippen molar-refractivity contribution in [2.24, 2.45) is 17.8 Å². The third-order valence-electron chi connectivity index (χ3n) is 18.0. The number of esters is 4. The standard InChI is InChI=1S/C77H146O17P2/c1-8-11-12-13-14-15-16-17-22-26-29-32-35-44-51-58-74(79)87-64-73(94-77(82)61-54-47-40-38-43-50-57-70(7)10-3)67-92-96(85,86)90-63-71(78)62-89-95(83,84)91-66-72(65-88-75(80)59-52-45-39-37-41-48-55-68(4)5)93-76(81)60-53-46-36-33-30-27-24-21-19-18-20-23-25-28-31-34-42-49-56-69(6)9-2/h15-17,22,68-73,78H,8-14,18-21,23-67H2,1-7H3,(H,83,84)(H,85,86)/b16-15-,22-17-/t69?,70?,71-,72+,73+/m0/s1. The number of aliphatic hydroxyl groups excluding tert-OH is 1. The Morgan fingerprint density at radius 1 is 0.344 bits per heavy atom. The van der Waals surface area contributed by atoms with Crippen LogP contribution in [0.3, 0.4) is 0 Å². The Balaban J connectivity index is 5.17. The van der Waals surface area contributed by atoms with Crippen molar-refractivity contribution >= 4 is 39.5 Å². The third kappa shape index (κ3) is 67.4. The van der Waals surface area contributed by atoms with Gasteiger partial charge in [0.1, 0.15) is 19.3 Å². The molecule has 566 valence electrons. The molecule has 0 aromatic rings. The van der Waals surface area contributed by atoms with E-state index >= 15 is 0 Å². The molecule has 4 unspecified atom stereocenters. The zero-order valence-corrected chi connectivity index (χ0v) is 64.1. The van der Waals surface area contributed by atoms with Gasteiger partial charge in [0.15, 0.2) is 12.2 Å². The molecular formula is C77H146O17P2. The van der Waals surface area contributed by atoms with Gasteiger partial charge in [-0.3, -0.25) is 37.3 Å². The molecule has 0 rings (SSSR count). The van der Waals surface area contributed by atoms with Gasteiger partial charge in [0.2, 0.25) is 0 Å². The molecule has 96 heavy (non-hydrogen) atoms. The van der Waals surface area contributed by atoms with Crippen LogP contribution < -0.4 is 0 Å². The van der Waals surface area contributed by atoms with Crippen molar-refractivity contribution in [2.75, 3.05) is 39.6 Å². The SMILES string of the molecule is CCCCCC/C=C\C=C/CCCCCCCC(=O)OC[C@H](COP(=O)(O)OC[C@@H](O)COP(=O)(O)OC[C@@H](COC(=O)CCCCCCCCC(C)C)OC(=O)CCCCCCCCCCCCCCCCCCCCC(C)CC)OC(=O)CCCCCCCCC(C)CC. The molecule has 0 aliphatic carbocycles. The fourth-order valence-electron chi connectivity index (χ4n) is 11.2. The van der Waals surface area contributed by atoms with E-state index in [1.165, 1.54) is 154 Å². The summed E-state index contributed by atoms with van der Waals surface area (Å²) in [7, 11) is -9.92. The molecule has 0 radical (unpaired) electrons. The molecule has 0 aliphatic heterocycles. The predicted molar refractivity (Wildman–Crippen MR) is 390 cm³/mol. The molecule has 0 fully saturated rings. The maximum Gasteiger partial charge on any atom is 0.472 e. The molecule has 0 saturated heterocycles. The third-order valence-corrected chi connectivity index (χ3v) is 19.9. The summed E-state index contributed by atoms with van der Waals surface area (Å²) in [5.41, 5.74) is 0. The van der Waals surface area contributed by atoms with Crippen LogP contribution in [0.4, 0.5) is 0 Å². The van der Waals surface area contributed by atoms with Crippen molar-refractivity contribution in [1.82, 2.24) is 0 Å². The summed E-state index contributed by atoms with van der Waals surface area (Å²) in [6, 6.07) is 0. The Morgan fingerprint density at radius 3 is 0.927 bits per heavy atom. The number of phosphoric ester groups is 2. The highest BCUT2D eigenvalue weighted by molar-refractivity contribution is 7.47. The topological polar surface area (TPSA) is 237 Å². The van der Waals surface area contributed by atoms with Crippen molar-refractivity contribution in [1.29, 1.82) is 0 Å². The highest BCUT2D eigenvalue weighted by atomic mass is 31.2. The van der Waals surface area contributed by atoms with E-state index in [0.717, 1.165) is 121 Å². The summed E-state index contributed by atoms with van der Waals surface area (Å²) < 4.78 is 68.4. The molecule has 0 saturated carbocycles. The van der Waals surface area contributed by atoms with Crippen LogP contribution in [0.15, 0.2) is 24.3 Å². The highest BCUT2D eigenvalue weighted by Crippen LogP contribution is 2.45. The average Bonchev–Trinajstić information content (AvgIpc) is 1.16. The van der Waals surface area contributed by atoms with Gasteiger partial charge in [-0.05, 0) is 69.1 Å². The van der Waals surface area contributed by atoms with E-state index < -0.39 is 97.5 Å². The first-order valence-corrected chi connectivity index (χ1v) is 42.2. The van der Waals surface area contributed by atoms with E-state index in [0.29, 0.717) is 37.5 Å². The lowest BCUT2D eigenvalue weighted by Crippen LogP contribution is -2.30. The number of unbranched alkanes of at least 4 members (excludes halogenated alkanes) is 36. The Labute approximate surface area is 586 Å². The fourth-order valence-corrected chi connectivity index (χ4v) is 12.8. The number of hydrogen-bond donors (Lipinski definition) is 3. The van der Waals surface area contributed by atoms with Crippen LogP contribution in [0, 0.1) is 17.8 Å². The van der Waals surface area contributed by atoms with E-state index in [9.17, 15) is 43.2 Å². The molecule has 17 nitrogen and oxygen atoms in total. The van der Waals surface area contributed by atoms with E-state index in [4.69, 9.17) is 37.0 Å². The van der Waals surface area contributed by atoms with Crippen LogP contribution in [0.2, 0.25) is 0 Å². The minimum Gasteiger partial charge on any atom is -0.462 e. The van der Waals surface area contributed by atoms with Crippen LogP contribution in [0.1, 0.15) is 370 Å². The summed E-state index contributed by atoms with van der Waals surface area (Å²) >= 11 is 0. The van der Waals surface area contributed by atoms with Gasteiger partial charge in [-0.25, -0.2) is 9.13 Å². The van der Waals surface area contributed by atoms with E-state index in [1.807, 2.05) is 0 Å². The van der Waals surface area contributed by atoms with Crippen molar-refractivity contribution in [3.63, 3.8) is 0 Å². The number of ether oxygens (including phenoxy) is 4. The van der Waals surface area contributed by atoms with Crippen molar-refractivity contribution in [2.45, 2.75) is 388 Å². The van der Waals surface area contributed by atoms with Crippen LogP contribution in [-0.4, -0.2) is 96.7 Å². The molecule has 0 aliphatic rings. The highest BCUT2D eigenvalue weighted by Gasteiger charge is 2.30. The zero-order chi connectivity index (χ0) is 70.9. The Hall–Kier alpha value is -2.46. The Kier molecular flexibility index (Phi) is 65.3. The van der Waals surface area contributed by atoms with Crippen LogP contribution in [0.5, 0.6) is 0 Å². The molecule has 3 N–H and O–H groups in total. The van der Waals surface area contributed by atoms with Crippen LogP contribution in [-0.2, 0) is 65.4 Å². The van der Waals surface area contributed by atoms with Crippen LogP contribution >= 0.6 is 15.6 Å². The summed E-state index contributed by atoms with van der Waals surface area (Å²) in [5, 5.41) is 10.6. The minimum atomic E-state index is -4.96. The van der Waals surface area contributed by atoms with E-state index in [-0.39, 0.29) is 25.7 Å². The first kappa shape index (κ1) is 93.5. The van der Waals surface area contributed by atoms with Gasteiger partial charge in [0.05, 0.1) is 26.4 Å². The normalized spacial score (nSPS) is 14.8.